The molecule has 0 saturated heterocycles. The molecule has 20 heavy (non-hydrogen) atoms. The lowest BCUT2D eigenvalue weighted by Crippen LogP contribution is -2.13. The second kappa shape index (κ2) is 6.00. The largest absolute Gasteiger partial charge is 0.478 e. The maximum absolute atomic E-state index is 11.9. The van der Waals surface area contributed by atoms with Crippen molar-refractivity contribution < 1.29 is 14.7 Å². The molecule has 0 aliphatic heterocycles. The molecule has 0 spiro atoms. The standard InChI is InChI=1S/C12H10ClN3O3S/c13-7-1-6(12(18)19)2-8(3-7)15-11(17)9-5-20-10(4-14)16-9/h1-3,5H,4,14H2,(H,15,17)(H,18,19). The summed E-state index contributed by atoms with van der Waals surface area (Å²) in [6.07, 6.45) is 0. The van der Waals surface area contributed by atoms with Gasteiger partial charge >= 0.3 is 5.97 Å². The van der Waals surface area contributed by atoms with Gasteiger partial charge in [0, 0.05) is 22.6 Å². The van der Waals surface area contributed by atoms with E-state index in [0.29, 0.717) is 10.7 Å². The molecule has 1 amide bonds. The van der Waals surface area contributed by atoms with Gasteiger partial charge in [0.05, 0.1) is 5.56 Å². The first kappa shape index (κ1) is 14.4. The van der Waals surface area contributed by atoms with E-state index < -0.39 is 11.9 Å². The molecule has 0 atom stereocenters. The summed E-state index contributed by atoms with van der Waals surface area (Å²) in [6.45, 7) is 0.262. The maximum Gasteiger partial charge on any atom is 0.335 e. The number of carboxylic acids is 1. The van der Waals surface area contributed by atoms with E-state index >= 15 is 0 Å². The third kappa shape index (κ3) is 3.32. The van der Waals surface area contributed by atoms with Crippen molar-refractivity contribution in [3.8, 4) is 0 Å². The minimum absolute atomic E-state index is 0.00581. The molecule has 1 heterocycles. The topological polar surface area (TPSA) is 105 Å². The van der Waals surface area contributed by atoms with Crippen molar-refractivity contribution in [2.75, 3.05) is 5.32 Å². The van der Waals surface area contributed by atoms with Gasteiger partial charge in [-0.2, -0.15) is 0 Å². The van der Waals surface area contributed by atoms with Gasteiger partial charge < -0.3 is 16.2 Å². The predicted octanol–water partition coefficient (Wildman–Crippen LogP) is 2.21. The first-order valence-corrected chi connectivity index (χ1v) is 6.75. The van der Waals surface area contributed by atoms with E-state index in [4.69, 9.17) is 22.4 Å². The highest BCUT2D eigenvalue weighted by atomic mass is 35.5. The minimum Gasteiger partial charge on any atom is -0.478 e. The SMILES string of the molecule is NCc1nc(C(=O)Nc2cc(Cl)cc(C(=O)O)c2)cs1. The molecule has 1 aromatic carbocycles. The molecular weight excluding hydrogens is 302 g/mol. The van der Waals surface area contributed by atoms with Gasteiger partial charge in [0.1, 0.15) is 10.7 Å². The van der Waals surface area contributed by atoms with Crippen LogP contribution in [0.3, 0.4) is 0 Å². The number of nitrogens with one attached hydrogen (secondary N) is 1. The number of anilines is 1. The number of nitrogens with zero attached hydrogens (tertiary/aromatic N) is 1. The van der Waals surface area contributed by atoms with Crippen molar-refractivity contribution in [1.82, 2.24) is 4.98 Å². The number of nitrogens with two attached hydrogens (primary N) is 1. The number of thiazole rings is 1. The van der Waals surface area contributed by atoms with Crippen LogP contribution in [0.2, 0.25) is 5.02 Å². The molecule has 0 bridgehead atoms. The molecule has 2 aromatic rings. The van der Waals surface area contributed by atoms with Crippen LogP contribution in [0.4, 0.5) is 5.69 Å². The highest BCUT2D eigenvalue weighted by molar-refractivity contribution is 7.09. The summed E-state index contributed by atoms with van der Waals surface area (Å²) in [6, 6.07) is 4.08. The van der Waals surface area contributed by atoms with Gasteiger partial charge in [0.25, 0.3) is 5.91 Å². The Morgan fingerprint density at radius 2 is 2.15 bits per heavy atom. The number of aromatic nitrogens is 1. The number of hydrogen-bond acceptors (Lipinski definition) is 5. The molecular formula is C12H10ClN3O3S. The molecule has 0 fully saturated rings. The van der Waals surface area contributed by atoms with Crippen molar-refractivity contribution in [3.63, 3.8) is 0 Å². The Hall–Kier alpha value is -1.96. The van der Waals surface area contributed by atoms with Crippen LogP contribution in [0.15, 0.2) is 23.6 Å². The minimum atomic E-state index is -1.12. The van der Waals surface area contributed by atoms with Crippen molar-refractivity contribution in [1.29, 1.82) is 0 Å². The van der Waals surface area contributed by atoms with E-state index in [0.717, 1.165) is 0 Å². The average Bonchev–Trinajstić information content (AvgIpc) is 2.86. The second-order valence-electron chi connectivity index (χ2n) is 3.82. The Morgan fingerprint density at radius 3 is 2.75 bits per heavy atom. The Balaban J connectivity index is 2.21. The first-order chi connectivity index (χ1) is 9.49. The number of aromatic carboxylic acids is 1. The number of carbonyl (C=O) groups is 2. The quantitative estimate of drug-likeness (QED) is 0.802. The Labute approximate surface area is 123 Å². The Kier molecular flexibility index (Phi) is 4.33. The van der Waals surface area contributed by atoms with Gasteiger partial charge in [-0.1, -0.05) is 11.6 Å². The van der Waals surface area contributed by atoms with Crippen LogP contribution in [-0.4, -0.2) is 22.0 Å². The molecule has 6 nitrogen and oxygen atoms in total. The summed E-state index contributed by atoms with van der Waals surface area (Å²) < 4.78 is 0. The summed E-state index contributed by atoms with van der Waals surface area (Å²) in [5, 5.41) is 13.9. The van der Waals surface area contributed by atoms with E-state index in [-0.39, 0.29) is 22.8 Å². The number of halogens is 1. The van der Waals surface area contributed by atoms with Gasteiger partial charge in [-0.25, -0.2) is 9.78 Å². The van der Waals surface area contributed by atoms with E-state index in [2.05, 4.69) is 10.3 Å². The summed E-state index contributed by atoms with van der Waals surface area (Å²) in [5.74, 6) is -1.57. The fourth-order valence-electron chi connectivity index (χ4n) is 1.49. The lowest BCUT2D eigenvalue weighted by atomic mass is 10.2. The van der Waals surface area contributed by atoms with E-state index in [1.54, 1.807) is 5.38 Å². The van der Waals surface area contributed by atoms with Crippen LogP contribution < -0.4 is 11.1 Å². The van der Waals surface area contributed by atoms with Crippen molar-refractivity contribution >= 4 is 40.5 Å². The molecule has 2 rings (SSSR count). The van der Waals surface area contributed by atoms with Gasteiger partial charge in [-0.05, 0) is 18.2 Å². The summed E-state index contributed by atoms with van der Waals surface area (Å²) >= 11 is 7.09. The van der Waals surface area contributed by atoms with E-state index in [9.17, 15) is 9.59 Å². The molecule has 1 aromatic heterocycles. The zero-order chi connectivity index (χ0) is 14.7. The zero-order valence-corrected chi connectivity index (χ0v) is 11.7. The lowest BCUT2D eigenvalue weighted by molar-refractivity contribution is 0.0696. The van der Waals surface area contributed by atoms with Crippen LogP contribution >= 0.6 is 22.9 Å². The summed E-state index contributed by atoms with van der Waals surface area (Å²) in [5.41, 5.74) is 5.94. The highest BCUT2D eigenvalue weighted by Crippen LogP contribution is 2.20. The van der Waals surface area contributed by atoms with Crippen molar-refractivity contribution in [2.45, 2.75) is 6.54 Å². The number of carboxylic acid groups (broad SMARTS) is 1. The van der Waals surface area contributed by atoms with Crippen LogP contribution in [0.5, 0.6) is 0 Å². The highest BCUT2D eigenvalue weighted by Gasteiger charge is 2.12. The number of rotatable bonds is 4. The molecule has 0 aliphatic rings. The van der Waals surface area contributed by atoms with Gasteiger partial charge in [-0.3, -0.25) is 4.79 Å². The Bertz CT molecular complexity index is 672. The zero-order valence-electron chi connectivity index (χ0n) is 10.1. The summed E-state index contributed by atoms with van der Waals surface area (Å²) in [7, 11) is 0. The molecule has 4 N–H and O–H groups in total. The van der Waals surface area contributed by atoms with Crippen LogP contribution in [0.25, 0.3) is 0 Å². The second-order valence-corrected chi connectivity index (χ2v) is 5.20. The summed E-state index contributed by atoms with van der Waals surface area (Å²) in [4.78, 5) is 26.9. The molecule has 8 heteroatoms. The van der Waals surface area contributed by atoms with Crippen molar-refractivity contribution in [2.24, 2.45) is 5.73 Å². The smallest absolute Gasteiger partial charge is 0.335 e. The normalized spacial score (nSPS) is 10.3. The number of benzene rings is 1. The molecule has 0 saturated carbocycles. The number of hydrogen-bond donors (Lipinski definition) is 3. The predicted molar refractivity (Wildman–Crippen MR) is 76.4 cm³/mol. The molecule has 104 valence electrons. The van der Waals surface area contributed by atoms with E-state index in [1.807, 2.05) is 0 Å². The third-order valence-electron chi connectivity index (χ3n) is 2.36. The fourth-order valence-corrected chi connectivity index (χ4v) is 2.38. The van der Waals surface area contributed by atoms with Gasteiger partial charge in [0.2, 0.25) is 0 Å². The first-order valence-electron chi connectivity index (χ1n) is 5.49. The van der Waals surface area contributed by atoms with Crippen molar-refractivity contribution in [3.05, 3.63) is 44.9 Å². The maximum atomic E-state index is 11.9. The lowest BCUT2D eigenvalue weighted by Gasteiger charge is -2.05. The van der Waals surface area contributed by atoms with Crippen LogP contribution in [0, 0.1) is 0 Å². The Morgan fingerprint density at radius 1 is 1.40 bits per heavy atom. The van der Waals surface area contributed by atoms with Gasteiger partial charge in [-0.15, -0.1) is 11.3 Å². The molecule has 0 radical (unpaired) electrons. The van der Waals surface area contributed by atoms with Gasteiger partial charge in [0.15, 0.2) is 0 Å². The third-order valence-corrected chi connectivity index (χ3v) is 3.45. The monoisotopic (exact) mass is 311 g/mol. The number of carbonyl (C=O) groups excluding carboxylic acids is 1. The number of amides is 1. The fraction of sp³-hybridized carbons (Fsp3) is 0.0833. The molecule has 0 aliphatic carbocycles. The van der Waals surface area contributed by atoms with Crippen LogP contribution in [0.1, 0.15) is 25.9 Å². The van der Waals surface area contributed by atoms with Crippen LogP contribution in [-0.2, 0) is 6.54 Å². The van der Waals surface area contributed by atoms with E-state index in [1.165, 1.54) is 29.5 Å². The average molecular weight is 312 g/mol. The molecule has 0 unspecified atom stereocenters.